The van der Waals surface area contributed by atoms with Crippen molar-refractivity contribution >= 4 is 11.6 Å². The topological polar surface area (TPSA) is 37.8 Å². The third-order valence-corrected chi connectivity index (χ3v) is 2.93. The van der Waals surface area contributed by atoms with E-state index in [0.717, 1.165) is 29.2 Å². The predicted molar refractivity (Wildman–Crippen MR) is 73.6 cm³/mol. The van der Waals surface area contributed by atoms with E-state index in [1.54, 1.807) is 18.6 Å². The summed E-state index contributed by atoms with van der Waals surface area (Å²) >= 11 is 5.92. The molecule has 0 saturated heterocycles. The average Bonchev–Trinajstić information content (AvgIpc) is 2.42. The Morgan fingerprint density at radius 1 is 1.22 bits per heavy atom. The Labute approximate surface area is 112 Å². The molecule has 1 heterocycles. The van der Waals surface area contributed by atoms with Crippen LogP contribution in [0.15, 0.2) is 42.9 Å². The van der Waals surface area contributed by atoms with Gasteiger partial charge in [0, 0.05) is 17.4 Å². The van der Waals surface area contributed by atoms with Crippen LogP contribution >= 0.6 is 11.6 Å². The first-order valence-electron chi connectivity index (χ1n) is 6.06. The largest absolute Gasteiger partial charge is 0.305 e. The zero-order valence-electron chi connectivity index (χ0n) is 10.3. The van der Waals surface area contributed by atoms with Crippen LogP contribution in [0.1, 0.15) is 30.6 Å². The summed E-state index contributed by atoms with van der Waals surface area (Å²) in [4.78, 5) is 8.50. The van der Waals surface area contributed by atoms with Crippen LogP contribution in [-0.4, -0.2) is 16.5 Å². The predicted octanol–water partition coefficient (Wildman–Crippen LogP) is 3.22. The minimum atomic E-state index is 0.0657. The van der Waals surface area contributed by atoms with Crippen LogP contribution in [0.5, 0.6) is 0 Å². The molecule has 94 valence electrons. The highest BCUT2D eigenvalue weighted by molar-refractivity contribution is 6.30. The fourth-order valence-electron chi connectivity index (χ4n) is 1.80. The third-order valence-electron chi connectivity index (χ3n) is 2.68. The second-order valence-corrected chi connectivity index (χ2v) is 4.51. The zero-order chi connectivity index (χ0) is 12.8. The van der Waals surface area contributed by atoms with Crippen molar-refractivity contribution in [2.45, 2.75) is 19.4 Å². The van der Waals surface area contributed by atoms with Gasteiger partial charge in [0.2, 0.25) is 0 Å². The van der Waals surface area contributed by atoms with Gasteiger partial charge in [0.25, 0.3) is 0 Å². The number of hydrogen-bond acceptors (Lipinski definition) is 3. The minimum Gasteiger partial charge on any atom is -0.305 e. The lowest BCUT2D eigenvalue weighted by Crippen LogP contribution is -2.24. The minimum absolute atomic E-state index is 0.0657. The lowest BCUT2D eigenvalue weighted by atomic mass is 10.0. The maximum atomic E-state index is 5.92. The summed E-state index contributed by atoms with van der Waals surface area (Å²) in [5.41, 5.74) is 2.07. The summed E-state index contributed by atoms with van der Waals surface area (Å²) in [6.07, 6.45) is 6.26. The first-order valence-corrected chi connectivity index (χ1v) is 6.44. The maximum absolute atomic E-state index is 5.92. The fourth-order valence-corrected chi connectivity index (χ4v) is 1.92. The summed E-state index contributed by atoms with van der Waals surface area (Å²) < 4.78 is 0. The molecule has 0 aliphatic rings. The van der Waals surface area contributed by atoms with Crippen LogP contribution < -0.4 is 5.32 Å². The average molecular weight is 262 g/mol. The van der Waals surface area contributed by atoms with Gasteiger partial charge in [-0.05, 0) is 30.7 Å². The Balaban J connectivity index is 2.27. The summed E-state index contributed by atoms with van der Waals surface area (Å²) in [7, 11) is 0. The Morgan fingerprint density at radius 3 is 2.61 bits per heavy atom. The van der Waals surface area contributed by atoms with Gasteiger partial charge in [0.15, 0.2) is 0 Å². The van der Waals surface area contributed by atoms with E-state index in [1.807, 2.05) is 24.3 Å². The number of halogens is 1. The molecule has 4 heteroatoms. The first-order chi connectivity index (χ1) is 8.81. The quantitative estimate of drug-likeness (QED) is 0.898. The van der Waals surface area contributed by atoms with E-state index >= 15 is 0 Å². The maximum Gasteiger partial charge on any atom is 0.0801 e. The Bertz CT molecular complexity index is 470. The highest BCUT2D eigenvalue weighted by Gasteiger charge is 2.14. The normalized spacial score (nSPS) is 12.3. The fraction of sp³-hybridized carbons (Fsp3) is 0.286. The van der Waals surface area contributed by atoms with Crippen LogP contribution in [0.2, 0.25) is 5.02 Å². The molecule has 0 bridgehead atoms. The second-order valence-electron chi connectivity index (χ2n) is 4.07. The monoisotopic (exact) mass is 261 g/mol. The molecule has 1 aromatic carbocycles. The van der Waals surface area contributed by atoms with Crippen molar-refractivity contribution in [2.75, 3.05) is 6.54 Å². The van der Waals surface area contributed by atoms with Crippen LogP contribution in [0, 0.1) is 0 Å². The molecule has 0 fully saturated rings. The Hall–Kier alpha value is -1.45. The van der Waals surface area contributed by atoms with Gasteiger partial charge in [-0.15, -0.1) is 0 Å². The summed E-state index contributed by atoms with van der Waals surface area (Å²) in [5, 5.41) is 4.22. The van der Waals surface area contributed by atoms with Gasteiger partial charge >= 0.3 is 0 Å². The molecule has 0 spiro atoms. The molecule has 1 N–H and O–H groups in total. The summed E-state index contributed by atoms with van der Waals surface area (Å²) in [5.74, 6) is 0. The van der Waals surface area contributed by atoms with Gasteiger partial charge in [0.1, 0.15) is 0 Å². The van der Waals surface area contributed by atoms with E-state index in [9.17, 15) is 0 Å². The molecule has 1 unspecified atom stereocenters. The van der Waals surface area contributed by atoms with Crippen LogP contribution in [0.25, 0.3) is 0 Å². The van der Waals surface area contributed by atoms with E-state index in [2.05, 4.69) is 22.2 Å². The van der Waals surface area contributed by atoms with Gasteiger partial charge in [-0.3, -0.25) is 9.97 Å². The van der Waals surface area contributed by atoms with Gasteiger partial charge in [-0.2, -0.15) is 0 Å². The van der Waals surface area contributed by atoms with Crippen molar-refractivity contribution in [2.24, 2.45) is 0 Å². The van der Waals surface area contributed by atoms with Crippen molar-refractivity contribution in [3.8, 4) is 0 Å². The number of aromatic nitrogens is 2. The molecule has 3 nitrogen and oxygen atoms in total. The summed E-state index contributed by atoms with van der Waals surface area (Å²) in [6, 6.07) is 7.90. The Kier molecular flexibility index (Phi) is 4.67. The number of rotatable bonds is 5. The van der Waals surface area contributed by atoms with E-state index in [-0.39, 0.29) is 6.04 Å². The van der Waals surface area contributed by atoms with Crippen molar-refractivity contribution in [3.63, 3.8) is 0 Å². The molecule has 1 atom stereocenters. The molecule has 2 aromatic rings. The van der Waals surface area contributed by atoms with E-state index in [4.69, 9.17) is 11.6 Å². The van der Waals surface area contributed by atoms with Gasteiger partial charge in [-0.1, -0.05) is 30.7 Å². The molecular formula is C14H16ClN3. The number of hydrogen-bond donors (Lipinski definition) is 1. The summed E-state index contributed by atoms with van der Waals surface area (Å²) in [6.45, 7) is 3.08. The molecule has 0 aliphatic heterocycles. The number of benzene rings is 1. The molecular weight excluding hydrogens is 246 g/mol. The smallest absolute Gasteiger partial charge is 0.0801 e. The lowest BCUT2D eigenvalue weighted by Gasteiger charge is -2.18. The molecule has 2 rings (SSSR count). The molecule has 0 saturated carbocycles. The highest BCUT2D eigenvalue weighted by atomic mass is 35.5. The standard InChI is InChI=1S/C14H16ClN3/c1-2-7-18-14(13-10-16-8-9-17-13)11-3-5-12(15)6-4-11/h3-6,8-10,14,18H,2,7H2,1H3. The number of nitrogens with zero attached hydrogens (tertiary/aromatic N) is 2. The van der Waals surface area contributed by atoms with Crippen LogP contribution in [0.3, 0.4) is 0 Å². The van der Waals surface area contributed by atoms with Crippen LogP contribution in [-0.2, 0) is 0 Å². The first kappa shape index (κ1) is 13.0. The lowest BCUT2D eigenvalue weighted by molar-refractivity contribution is 0.584. The third kappa shape index (κ3) is 3.28. The van der Waals surface area contributed by atoms with E-state index < -0.39 is 0 Å². The highest BCUT2D eigenvalue weighted by Crippen LogP contribution is 2.21. The van der Waals surface area contributed by atoms with Gasteiger partial charge in [-0.25, -0.2) is 0 Å². The molecule has 0 radical (unpaired) electrons. The molecule has 1 aromatic heterocycles. The van der Waals surface area contributed by atoms with Crippen molar-refractivity contribution in [1.82, 2.24) is 15.3 Å². The second kappa shape index (κ2) is 6.47. The van der Waals surface area contributed by atoms with E-state index in [1.165, 1.54) is 0 Å². The van der Waals surface area contributed by atoms with Crippen molar-refractivity contribution in [3.05, 3.63) is 59.1 Å². The zero-order valence-corrected chi connectivity index (χ0v) is 11.1. The molecule has 0 amide bonds. The Morgan fingerprint density at radius 2 is 2.00 bits per heavy atom. The van der Waals surface area contributed by atoms with Crippen LogP contribution in [0.4, 0.5) is 0 Å². The number of nitrogens with one attached hydrogen (secondary N) is 1. The van der Waals surface area contributed by atoms with Crippen molar-refractivity contribution in [1.29, 1.82) is 0 Å². The molecule has 0 aliphatic carbocycles. The van der Waals surface area contributed by atoms with Gasteiger partial charge in [0.05, 0.1) is 17.9 Å². The molecule has 18 heavy (non-hydrogen) atoms. The van der Waals surface area contributed by atoms with Crippen molar-refractivity contribution < 1.29 is 0 Å². The van der Waals surface area contributed by atoms with Gasteiger partial charge < -0.3 is 5.32 Å². The SMILES string of the molecule is CCCNC(c1ccc(Cl)cc1)c1cnccn1. The van der Waals surface area contributed by atoms with E-state index in [0.29, 0.717) is 0 Å².